The zero-order chi connectivity index (χ0) is 20.0. The molecule has 0 radical (unpaired) electrons. The molecule has 27 heavy (non-hydrogen) atoms. The summed E-state index contributed by atoms with van der Waals surface area (Å²) in [5.41, 5.74) is 1.61. The molecule has 2 aromatic carbocycles. The van der Waals surface area contributed by atoms with Gasteiger partial charge in [0.15, 0.2) is 5.78 Å². The van der Waals surface area contributed by atoms with Crippen molar-refractivity contribution in [3.8, 4) is 5.75 Å². The van der Waals surface area contributed by atoms with Gasteiger partial charge in [0, 0.05) is 10.2 Å². The number of anilines is 1. The Bertz CT molecular complexity index is 749. The number of halogens is 1. The second kappa shape index (κ2) is 9.74. The van der Waals surface area contributed by atoms with Gasteiger partial charge in [0.1, 0.15) is 5.75 Å². The highest BCUT2D eigenvalue weighted by molar-refractivity contribution is 9.10. The molecule has 2 aromatic rings. The molecule has 0 saturated carbocycles. The van der Waals surface area contributed by atoms with Crippen LogP contribution in [0.15, 0.2) is 53.0 Å². The van der Waals surface area contributed by atoms with Crippen LogP contribution in [0, 0.1) is 0 Å². The average molecular weight is 456 g/mol. The SMILES string of the molecule is COc1ccc(C(Nc2ccc(Br)cc2)P(=O)(OC(C)C)OC(C)C)cc1. The molecule has 0 spiro atoms. The van der Waals surface area contributed by atoms with E-state index in [0.29, 0.717) is 0 Å². The standard InChI is InChI=1S/C20H27BrNO4P/c1-14(2)25-27(23,26-15(3)4)20(16-6-12-19(24-5)13-7-16)22-18-10-8-17(21)9-11-18/h6-15,20,22H,1-5H3. The Labute approximate surface area is 170 Å². The Hall–Kier alpha value is -1.33. The lowest BCUT2D eigenvalue weighted by molar-refractivity contribution is 0.138. The summed E-state index contributed by atoms with van der Waals surface area (Å²) in [4.78, 5) is 0. The molecule has 7 heteroatoms. The molecule has 0 fully saturated rings. The lowest BCUT2D eigenvalue weighted by Gasteiger charge is -2.31. The zero-order valence-electron chi connectivity index (χ0n) is 16.3. The van der Waals surface area contributed by atoms with Crippen molar-refractivity contribution in [3.63, 3.8) is 0 Å². The Morgan fingerprint density at radius 2 is 1.41 bits per heavy atom. The summed E-state index contributed by atoms with van der Waals surface area (Å²) in [5.74, 6) is 0.0694. The molecule has 1 N–H and O–H groups in total. The number of benzene rings is 2. The van der Waals surface area contributed by atoms with Crippen LogP contribution in [0.3, 0.4) is 0 Å². The first-order chi connectivity index (χ1) is 12.7. The predicted octanol–water partition coefficient (Wildman–Crippen LogP) is 6.61. The van der Waals surface area contributed by atoms with Crippen LogP contribution in [0.25, 0.3) is 0 Å². The van der Waals surface area contributed by atoms with Gasteiger partial charge in [0.25, 0.3) is 0 Å². The minimum absolute atomic E-state index is 0.248. The third kappa shape index (κ3) is 6.35. The number of hydrogen-bond donors (Lipinski definition) is 1. The molecule has 0 aliphatic heterocycles. The van der Waals surface area contributed by atoms with Crippen LogP contribution in [0.2, 0.25) is 0 Å². The van der Waals surface area contributed by atoms with Crippen molar-refractivity contribution in [1.29, 1.82) is 0 Å². The maximum absolute atomic E-state index is 13.8. The van der Waals surface area contributed by atoms with Gasteiger partial charge in [0.2, 0.25) is 0 Å². The summed E-state index contributed by atoms with van der Waals surface area (Å²) in [6.45, 7) is 7.39. The van der Waals surface area contributed by atoms with E-state index >= 15 is 0 Å². The van der Waals surface area contributed by atoms with Crippen LogP contribution in [0.5, 0.6) is 5.75 Å². The maximum atomic E-state index is 13.8. The van der Waals surface area contributed by atoms with Crippen LogP contribution in [-0.4, -0.2) is 19.3 Å². The van der Waals surface area contributed by atoms with E-state index in [1.165, 1.54) is 0 Å². The fourth-order valence-corrected chi connectivity index (χ4v) is 5.15. The van der Waals surface area contributed by atoms with Crippen molar-refractivity contribution < 1.29 is 18.3 Å². The average Bonchev–Trinajstić information content (AvgIpc) is 2.60. The molecule has 5 nitrogen and oxygen atoms in total. The van der Waals surface area contributed by atoms with Gasteiger partial charge in [-0.05, 0) is 69.7 Å². The molecule has 2 rings (SSSR count). The summed E-state index contributed by atoms with van der Waals surface area (Å²) >= 11 is 3.43. The van der Waals surface area contributed by atoms with E-state index in [0.717, 1.165) is 21.5 Å². The topological polar surface area (TPSA) is 56.8 Å². The molecule has 0 aliphatic carbocycles. The van der Waals surface area contributed by atoms with Crippen LogP contribution < -0.4 is 10.1 Å². The molecule has 1 atom stereocenters. The van der Waals surface area contributed by atoms with E-state index in [1.807, 2.05) is 76.2 Å². The van der Waals surface area contributed by atoms with Crippen LogP contribution in [0.1, 0.15) is 39.0 Å². The minimum atomic E-state index is -3.53. The van der Waals surface area contributed by atoms with E-state index in [-0.39, 0.29) is 12.2 Å². The normalized spacial score (nSPS) is 13.0. The van der Waals surface area contributed by atoms with Gasteiger partial charge in [-0.25, -0.2) is 0 Å². The summed E-state index contributed by atoms with van der Waals surface area (Å²) < 4.78 is 31.7. The first kappa shape index (κ1) is 22.0. The third-order valence-electron chi connectivity index (χ3n) is 3.61. The highest BCUT2D eigenvalue weighted by atomic mass is 79.9. The van der Waals surface area contributed by atoms with E-state index < -0.39 is 13.4 Å². The number of ether oxygens (including phenoxy) is 1. The number of nitrogens with one attached hydrogen (secondary N) is 1. The largest absolute Gasteiger partial charge is 0.497 e. The van der Waals surface area contributed by atoms with Crippen LogP contribution >= 0.6 is 23.5 Å². The Balaban J connectivity index is 2.47. The summed E-state index contributed by atoms with van der Waals surface area (Å²) in [5, 5.41) is 3.34. The third-order valence-corrected chi connectivity index (χ3v) is 6.63. The van der Waals surface area contributed by atoms with Gasteiger partial charge in [0.05, 0.1) is 19.3 Å². The van der Waals surface area contributed by atoms with Gasteiger partial charge in [-0.1, -0.05) is 28.1 Å². The Morgan fingerprint density at radius 1 is 0.889 bits per heavy atom. The maximum Gasteiger partial charge on any atom is 0.357 e. The molecule has 0 bridgehead atoms. The van der Waals surface area contributed by atoms with E-state index in [9.17, 15) is 4.57 Å². The van der Waals surface area contributed by atoms with Gasteiger partial charge in [-0.2, -0.15) is 0 Å². The molecule has 0 aliphatic rings. The molecule has 148 valence electrons. The quantitative estimate of drug-likeness (QED) is 0.431. The van der Waals surface area contributed by atoms with E-state index in [4.69, 9.17) is 13.8 Å². The lowest BCUT2D eigenvalue weighted by Crippen LogP contribution is -2.19. The smallest absolute Gasteiger partial charge is 0.357 e. The van der Waals surface area contributed by atoms with Crippen molar-refractivity contribution in [2.45, 2.75) is 45.7 Å². The zero-order valence-corrected chi connectivity index (χ0v) is 18.8. The van der Waals surface area contributed by atoms with E-state index in [1.54, 1.807) is 7.11 Å². The lowest BCUT2D eigenvalue weighted by atomic mass is 10.2. The van der Waals surface area contributed by atoms with Crippen molar-refractivity contribution in [2.75, 3.05) is 12.4 Å². The fraction of sp³-hybridized carbons (Fsp3) is 0.400. The molecule has 0 heterocycles. The summed E-state index contributed by atoms with van der Waals surface area (Å²) in [7, 11) is -1.92. The number of rotatable bonds is 9. The molecule has 1 unspecified atom stereocenters. The summed E-state index contributed by atoms with van der Waals surface area (Å²) in [6.07, 6.45) is -0.496. The molecular weight excluding hydrogens is 429 g/mol. The highest BCUT2D eigenvalue weighted by Crippen LogP contribution is 2.62. The highest BCUT2D eigenvalue weighted by Gasteiger charge is 2.39. The van der Waals surface area contributed by atoms with Crippen molar-refractivity contribution in [2.24, 2.45) is 0 Å². The minimum Gasteiger partial charge on any atom is -0.497 e. The van der Waals surface area contributed by atoms with Crippen molar-refractivity contribution >= 4 is 29.2 Å². The van der Waals surface area contributed by atoms with Gasteiger partial charge in [-0.3, -0.25) is 4.57 Å². The molecule has 0 aromatic heterocycles. The monoisotopic (exact) mass is 455 g/mol. The predicted molar refractivity (Wildman–Crippen MR) is 114 cm³/mol. The fourth-order valence-electron chi connectivity index (χ4n) is 2.57. The first-order valence-electron chi connectivity index (χ1n) is 8.86. The second-order valence-corrected chi connectivity index (χ2v) is 9.61. The van der Waals surface area contributed by atoms with Gasteiger partial charge < -0.3 is 19.1 Å². The van der Waals surface area contributed by atoms with Gasteiger partial charge >= 0.3 is 7.60 Å². The van der Waals surface area contributed by atoms with Crippen molar-refractivity contribution in [1.82, 2.24) is 0 Å². The first-order valence-corrected chi connectivity index (χ1v) is 11.3. The molecular formula is C20H27BrNO4P. The Kier molecular flexibility index (Phi) is 7.92. The van der Waals surface area contributed by atoms with E-state index in [2.05, 4.69) is 21.2 Å². The van der Waals surface area contributed by atoms with Gasteiger partial charge in [-0.15, -0.1) is 0 Å². The molecule has 0 saturated heterocycles. The second-order valence-electron chi connectivity index (χ2n) is 6.68. The summed E-state index contributed by atoms with van der Waals surface area (Å²) in [6, 6.07) is 15.1. The Morgan fingerprint density at radius 3 is 1.85 bits per heavy atom. The van der Waals surface area contributed by atoms with Crippen LogP contribution in [-0.2, 0) is 13.6 Å². The number of hydrogen-bond acceptors (Lipinski definition) is 5. The van der Waals surface area contributed by atoms with Crippen LogP contribution in [0.4, 0.5) is 5.69 Å². The molecule has 0 amide bonds. The number of methoxy groups -OCH3 is 1. The van der Waals surface area contributed by atoms with Crippen molar-refractivity contribution in [3.05, 3.63) is 58.6 Å².